The van der Waals surface area contributed by atoms with Gasteiger partial charge in [0.1, 0.15) is 0 Å². The number of fused-ring (bicyclic) bond motifs is 1. The van der Waals surface area contributed by atoms with E-state index in [2.05, 4.69) is 36.6 Å². The van der Waals surface area contributed by atoms with Gasteiger partial charge in [-0.2, -0.15) is 0 Å². The number of hydrogen-bond acceptors (Lipinski definition) is 2. The summed E-state index contributed by atoms with van der Waals surface area (Å²) in [7, 11) is 0. The fourth-order valence-electron chi connectivity index (χ4n) is 3.25. The molecule has 1 saturated carbocycles. The van der Waals surface area contributed by atoms with Gasteiger partial charge < -0.3 is 5.11 Å². The second-order valence-corrected chi connectivity index (χ2v) is 6.58. The van der Waals surface area contributed by atoms with Crippen LogP contribution in [0.25, 0.3) is 10.1 Å². The van der Waals surface area contributed by atoms with Crippen LogP contribution in [0.3, 0.4) is 0 Å². The molecule has 3 unspecified atom stereocenters. The van der Waals surface area contributed by atoms with Crippen molar-refractivity contribution in [1.29, 1.82) is 0 Å². The lowest BCUT2D eigenvalue weighted by Gasteiger charge is -2.30. The molecule has 0 aliphatic heterocycles. The molecule has 2 heteroatoms. The molecule has 1 fully saturated rings. The zero-order valence-corrected chi connectivity index (χ0v) is 11.6. The normalized spacial score (nSPS) is 26.3. The molecule has 2 aromatic rings. The van der Waals surface area contributed by atoms with Crippen LogP contribution >= 0.6 is 11.3 Å². The number of aliphatic hydroxyl groups is 1. The number of hydrogen-bond donors (Lipinski definition) is 1. The SMILES string of the molecule is CC1CCCC(C(O)c2csc3ccccc23)C1. The molecule has 1 aromatic carbocycles. The summed E-state index contributed by atoms with van der Waals surface area (Å²) in [6.45, 7) is 2.31. The molecule has 3 atom stereocenters. The van der Waals surface area contributed by atoms with Gasteiger partial charge in [0.15, 0.2) is 0 Å². The fourth-order valence-corrected chi connectivity index (χ4v) is 4.24. The highest BCUT2D eigenvalue weighted by molar-refractivity contribution is 7.17. The zero-order chi connectivity index (χ0) is 12.5. The summed E-state index contributed by atoms with van der Waals surface area (Å²) in [5, 5.41) is 14.0. The fraction of sp³-hybridized carbons (Fsp3) is 0.500. The van der Waals surface area contributed by atoms with E-state index in [4.69, 9.17) is 0 Å². The lowest BCUT2D eigenvalue weighted by atomic mass is 9.78. The minimum absolute atomic E-state index is 0.274. The molecule has 1 aliphatic rings. The van der Waals surface area contributed by atoms with E-state index in [1.165, 1.54) is 35.8 Å². The summed E-state index contributed by atoms with van der Waals surface area (Å²) in [6, 6.07) is 8.41. The number of thiophene rings is 1. The summed E-state index contributed by atoms with van der Waals surface area (Å²) in [4.78, 5) is 0. The van der Waals surface area contributed by atoms with Crippen molar-refractivity contribution in [3.63, 3.8) is 0 Å². The molecule has 0 spiro atoms. The van der Waals surface area contributed by atoms with Gasteiger partial charge in [-0.25, -0.2) is 0 Å². The molecule has 18 heavy (non-hydrogen) atoms. The van der Waals surface area contributed by atoms with Gasteiger partial charge in [-0.3, -0.25) is 0 Å². The second kappa shape index (κ2) is 5.02. The monoisotopic (exact) mass is 260 g/mol. The highest BCUT2D eigenvalue weighted by Gasteiger charge is 2.27. The summed E-state index contributed by atoms with van der Waals surface area (Å²) < 4.78 is 1.29. The van der Waals surface area contributed by atoms with Crippen molar-refractivity contribution in [2.75, 3.05) is 0 Å². The molecule has 0 bridgehead atoms. The van der Waals surface area contributed by atoms with Crippen molar-refractivity contribution in [1.82, 2.24) is 0 Å². The Kier molecular flexibility index (Phi) is 3.40. The van der Waals surface area contributed by atoms with Crippen molar-refractivity contribution in [2.45, 2.75) is 38.7 Å². The Morgan fingerprint density at radius 2 is 2.11 bits per heavy atom. The van der Waals surface area contributed by atoms with Gasteiger partial charge in [-0.15, -0.1) is 11.3 Å². The van der Waals surface area contributed by atoms with Crippen LogP contribution in [0.15, 0.2) is 29.6 Å². The first-order chi connectivity index (χ1) is 8.75. The molecular formula is C16H20OS. The predicted octanol–water partition coefficient (Wildman–Crippen LogP) is 4.76. The van der Waals surface area contributed by atoms with E-state index in [0.29, 0.717) is 5.92 Å². The molecule has 1 heterocycles. The van der Waals surface area contributed by atoms with Gasteiger partial charge in [0, 0.05) is 4.70 Å². The molecule has 1 N–H and O–H groups in total. The molecule has 1 aliphatic carbocycles. The van der Waals surface area contributed by atoms with Crippen molar-refractivity contribution in [2.24, 2.45) is 11.8 Å². The maximum Gasteiger partial charge on any atom is 0.0832 e. The van der Waals surface area contributed by atoms with E-state index in [9.17, 15) is 5.11 Å². The first-order valence-corrected chi connectivity index (χ1v) is 7.78. The van der Waals surface area contributed by atoms with Crippen LogP contribution in [0.2, 0.25) is 0 Å². The van der Waals surface area contributed by atoms with Crippen molar-refractivity contribution >= 4 is 21.4 Å². The lowest BCUT2D eigenvalue weighted by molar-refractivity contribution is 0.0728. The Bertz CT molecular complexity index is 531. The third-order valence-corrected chi connectivity index (χ3v) is 5.23. The first-order valence-electron chi connectivity index (χ1n) is 6.90. The maximum absolute atomic E-state index is 10.7. The topological polar surface area (TPSA) is 20.2 Å². The maximum atomic E-state index is 10.7. The van der Waals surface area contributed by atoms with Crippen LogP contribution in [0.1, 0.15) is 44.3 Å². The van der Waals surface area contributed by atoms with E-state index < -0.39 is 0 Å². The average molecular weight is 260 g/mol. The smallest absolute Gasteiger partial charge is 0.0832 e. The Morgan fingerprint density at radius 1 is 1.28 bits per heavy atom. The molecular weight excluding hydrogens is 240 g/mol. The standard InChI is InChI=1S/C16H20OS/c1-11-5-4-6-12(9-11)16(17)14-10-18-15-8-3-2-7-13(14)15/h2-3,7-8,10-12,16-17H,4-6,9H2,1H3. The van der Waals surface area contributed by atoms with Crippen molar-refractivity contribution in [3.8, 4) is 0 Å². The van der Waals surface area contributed by atoms with Crippen LogP contribution in [-0.4, -0.2) is 5.11 Å². The second-order valence-electron chi connectivity index (χ2n) is 5.66. The van der Waals surface area contributed by atoms with Gasteiger partial charge in [-0.05, 0) is 47.1 Å². The molecule has 96 valence electrons. The van der Waals surface area contributed by atoms with Crippen LogP contribution in [-0.2, 0) is 0 Å². The van der Waals surface area contributed by atoms with E-state index >= 15 is 0 Å². The highest BCUT2D eigenvalue weighted by Crippen LogP contribution is 2.40. The third-order valence-electron chi connectivity index (χ3n) is 4.25. The average Bonchev–Trinajstić information content (AvgIpc) is 2.82. The summed E-state index contributed by atoms with van der Waals surface area (Å²) >= 11 is 1.75. The van der Waals surface area contributed by atoms with E-state index in [-0.39, 0.29) is 6.10 Å². The van der Waals surface area contributed by atoms with Gasteiger partial charge in [-0.1, -0.05) is 38.0 Å². The largest absolute Gasteiger partial charge is 0.388 e. The number of rotatable bonds is 2. The molecule has 1 nitrogen and oxygen atoms in total. The first kappa shape index (κ1) is 12.2. The third kappa shape index (κ3) is 2.19. The quantitative estimate of drug-likeness (QED) is 0.825. The van der Waals surface area contributed by atoms with Gasteiger partial charge in [0.05, 0.1) is 6.10 Å². The van der Waals surface area contributed by atoms with Crippen LogP contribution < -0.4 is 0 Å². The van der Waals surface area contributed by atoms with Gasteiger partial charge >= 0.3 is 0 Å². The Labute approximate surface area is 112 Å². The minimum atomic E-state index is -0.274. The Hall–Kier alpha value is -0.860. The lowest BCUT2D eigenvalue weighted by Crippen LogP contribution is -2.20. The molecule has 0 radical (unpaired) electrons. The summed E-state index contributed by atoms with van der Waals surface area (Å²) in [5.74, 6) is 1.22. The molecule has 1 aromatic heterocycles. The Morgan fingerprint density at radius 3 is 2.94 bits per heavy atom. The minimum Gasteiger partial charge on any atom is -0.388 e. The summed E-state index contributed by atoms with van der Waals surface area (Å²) in [6.07, 6.45) is 4.67. The zero-order valence-electron chi connectivity index (χ0n) is 10.8. The van der Waals surface area contributed by atoms with Crippen LogP contribution in [0, 0.1) is 11.8 Å². The number of benzene rings is 1. The van der Waals surface area contributed by atoms with E-state index in [1.807, 2.05) is 0 Å². The van der Waals surface area contributed by atoms with Gasteiger partial charge in [0.2, 0.25) is 0 Å². The predicted molar refractivity (Wildman–Crippen MR) is 77.9 cm³/mol. The van der Waals surface area contributed by atoms with Crippen molar-refractivity contribution in [3.05, 3.63) is 35.2 Å². The van der Waals surface area contributed by atoms with E-state index in [1.54, 1.807) is 11.3 Å². The molecule has 0 amide bonds. The highest BCUT2D eigenvalue weighted by atomic mass is 32.1. The number of aliphatic hydroxyl groups excluding tert-OH is 1. The summed E-state index contributed by atoms with van der Waals surface area (Å²) in [5.41, 5.74) is 1.15. The van der Waals surface area contributed by atoms with Crippen LogP contribution in [0.5, 0.6) is 0 Å². The van der Waals surface area contributed by atoms with Gasteiger partial charge in [0.25, 0.3) is 0 Å². The molecule has 3 rings (SSSR count). The Balaban J connectivity index is 1.89. The molecule has 0 saturated heterocycles. The van der Waals surface area contributed by atoms with E-state index in [0.717, 1.165) is 11.5 Å². The van der Waals surface area contributed by atoms with Crippen LogP contribution in [0.4, 0.5) is 0 Å². The van der Waals surface area contributed by atoms with Crippen molar-refractivity contribution < 1.29 is 5.11 Å².